The van der Waals surface area contributed by atoms with Crippen molar-refractivity contribution in [3.8, 4) is 0 Å². The van der Waals surface area contributed by atoms with Gasteiger partial charge in [0.05, 0.1) is 0 Å². The molecule has 0 unspecified atom stereocenters. The first kappa shape index (κ1) is 6.85. The van der Waals surface area contributed by atoms with Crippen LogP contribution in [0.4, 0.5) is 5.82 Å². The van der Waals surface area contributed by atoms with Gasteiger partial charge in [-0.2, -0.15) is 5.10 Å². The highest BCUT2D eigenvalue weighted by molar-refractivity contribution is 14.1. The van der Waals surface area contributed by atoms with Gasteiger partial charge in [-0.15, -0.1) is 0 Å². The molecule has 3 nitrogen and oxygen atoms in total. The normalized spacial score (nSPS) is 10.0. The Morgan fingerprint density at radius 3 is 2.78 bits per heavy atom. The van der Waals surface area contributed by atoms with Crippen LogP contribution in [-0.4, -0.2) is 9.78 Å². The number of aromatic nitrogens is 2. The number of halogens is 1. The molecule has 9 heavy (non-hydrogen) atoms. The lowest BCUT2D eigenvalue weighted by Gasteiger charge is -1.94. The molecule has 0 bridgehead atoms. The van der Waals surface area contributed by atoms with E-state index in [1.807, 2.05) is 13.0 Å². The SMILES string of the molecule is CCn1nc(I)cc1N. The summed E-state index contributed by atoms with van der Waals surface area (Å²) in [7, 11) is 0. The summed E-state index contributed by atoms with van der Waals surface area (Å²) in [6.07, 6.45) is 0. The topological polar surface area (TPSA) is 43.8 Å². The zero-order chi connectivity index (χ0) is 6.85. The highest BCUT2D eigenvalue weighted by atomic mass is 127. The molecule has 1 aromatic rings. The van der Waals surface area contributed by atoms with Gasteiger partial charge in [-0.05, 0) is 29.5 Å². The van der Waals surface area contributed by atoms with Gasteiger partial charge in [0.25, 0.3) is 0 Å². The number of anilines is 1. The van der Waals surface area contributed by atoms with Crippen molar-refractivity contribution in [3.05, 3.63) is 9.77 Å². The Labute approximate surface area is 67.4 Å². The highest BCUT2D eigenvalue weighted by Gasteiger charge is 1.97. The maximum Gasteiger partial charge on any atom is 0.125 e. The van der Waals surface area contributed by atoms with Gasteiger partial charge in [-0.3, -0.25) is 0 Å². The maximum atomic E-state index is 5.55. The smallest absolute Gasteiger partial charge is 0.125 e. The van der Waals surface area contributed by atoms with Crippen LogP contribution in [0.1, 0.15) is 6.92 Å². The molecule has 0 saturated carbocycles. The minimum Gasteiger partial charge on any atom is -0.384 e. The van der Waals surface area contributed by atoms with Crippen molar-refractivity contribution in [2.75, 3.05) is 5.73 Å². The molecule has 0 radical (unpaired) electrons. The standard InChI is InChI=1S/C5H8IN3/c1-2-9-5(7)3-4(6)8-9/h3H,2,7H2,1H3. The Hall–Kier alpha value is -0.260. The van der Waals surface area contributed by atoms with Crippen molar-refractivity contribution in [1.82, 2.24) is 9.78 Å². The number of hydrogen-bond acceptors (Lipinski definition) is 2. The van der Waals surface area contributed by atoms with E-state index in [0.717, 1.165) is 16.1 Å². The van der Waals surface area contributed by atoms with Crippen LogP contribution in [0.15, 0.2) is 6.07 Å². The van der Waals surface area contributed by atoms with E-state index in [9.17, 15) is 0 Å². The lowest BCUT2D eigenvalue weighted by Crippen LogP contribution is -2.01. The molecule has 0 aliphatic rings. The van der Waals surface area contributed by atoms with Crippen molar-refractivity contribution in [2.45, 2.75) is 13.5 Å². The molecule has 1 rings (SSSR count). The van der Waals surface area contributed by atoms with Crippen LogP contribution in [0.25, 0.3) is 0 Å². The second kappa shape index (κ2) is 2.55. The molecule has 0 amide bonds. The van der Waals surface area contributed by atoms with Gasteiger partial charge in [0.1, 0.15) is 9.52 Å². The Morgan fingerprint density at radius 2 is 2.56 bits per heavy atom. The Balaban J connectivity index is 3.01. The fraction of sp³-hybridized carbons (Fsp3) is 0.400. The van der Waals surface area contributed by atoms with E-state index in [4.69, 9.17) is 5.73 Å². The van der Waals surface area contributed by atoms with Crippen LogP contribution in [0.3, 0.4) is 0 Å². The van der Waals surface area contributed by atoms with Gasteiger partial charge < -0.3 is 5.73 Å². The molecular formula is C5H8IN3. The predicted octanol–water partition coefficient (Wildman–Crippen LogP) is 1.09. The summed E-state index contributed by atoms with van der Waals surface area (Å²) in [4.78, 5) is 0. The zero-order valence-electron chi connectivity index (χ0n) is 5.13. The van der Waals surface area contributed by atoms with E-state index in [2.05, 4.69) is 27.7 Å². The minimum atomic E-state index is 0.738. The Bertz CT molecular complexity index is 206. The first-order chi connectivity index (χ1) is 4.24. The number of hydrogen-bond donors (Lipinski definition) is 1. The molecule has 2 N–H and O–H groups in total. The van der Waals surface area contributed by atoms with Crippen molar-refractivity contribution in [3.63, 3.8) is 0 Å². The second-order valence-electron chi connectivity index (χ2n) is 1.71. The van der Waals surface area contributed by atoms with Crippen molar-refractivity contribution in [2.24, 2.45) is 0 Å². The first-order valence-corrected chi connectivity index (χ1v) is 3.80. The van der Waals surface area contributed by atoms with Crippen molar-refractivity contribution in [1.29, 1.82) is 0 Å². The molecule has 0 aromatic carbocycles. The van der Waals surface area contributed by atoms with Crippen LogP contribution >= 0.6 is 22.6 Å². The number of nitrogens with zero attached hydrogens (tertiary/aromatic N) is 2. The van der Waals surface area contributed by atoms with E-state index >= 15 is 0 Å². The van der Waals surface area contributed by atoms with Gasteiger partial charge >= 0.3 is 0 Å². The fourth-order valence-electron chi connectivity index (χ4n) is 0.652. The summed E-state index contributed by atoms with van der Waals surface area (Å²) in [5.41, 5.74) is 5.55. The summed E-state index contributed by atoms with van der Waals surface area (Å²) in [5.74, 6) is 0.738. The molecule has 0 atom stereocenters. The van der Waals surface area contributed by atoms with Gasteiger partial charge in [0.15, 0.2) is 0 Å². The summed E-state index contributed by atoms with van der Waals surface area (Å²) < 4.78 is 2.72. The predicted molar refractivity (Wildman–Crippen MR) is 45.0 cm³/mol. The number of nitrogen functional groups attached to an aromatic ring is 1. The third-order valence-corrected chi connectivity index (χ3v) is 1.61. The van der Waals surface area contributed by atoms with E-state index in [1.54, 1.807) is 4.68 Å². The number of nitrogens with two attached hydrogens (primary N) is 1. The molecule has 0 aliphatic carbocycles. The average molecular weight is 237 g/mol. The molecule has 1 aromatic heterocycles. The van der Waals surface area contributed by atoms with Crippen LogP contribution in [0.2, 0.25) is 0 Å². The van der Waals surface area contributed by atoms with E-state index in [-0.39, 0.29) is 0 Å². The molecule has 0 saturated heterocycles. The molecule has 0 spiro atoms. The monoisotopic (exact) mass is 237 g/mol. The van der Waals surface area contributed by atoms with E-state index in [1.165, 1.54) is 0 Å². The van der Waals surface area contributed by atoms with E-state index in [0.29, 0.717) is 0 Å². The average Bonchev–Trinajstić information content (AvgIpc) is 2.10. The number of rotatable bonds is 1. The van der Waals surface area contributed by atoms with Crippen LogP contribution in [0.5, 0.6) is 0 Å². The highest BCUT2D eigenvalue weighted by Crippen LogP contribution is 2.07. The van der Waals surface area contributed by atoms with Gasteiger partial charge in [-0.25, -0.2) is 4.68 Å². The lowest BCUT2D eigenvalue weighted by molar-refractivity contribution is 0.664. The van der Waals surface area contributed by atoms with Gasteiger partial charge in [-0.1, -0.05) is 0 Å². The summed E-state index contributed by atoms with van der Waals surface area (Å²) in [5, 5.41) is 4.11. The summed E-state index contributed by atoms with van der Waals surface area (Å²) >= 11 is 2.14. The van der Waals surface area contributed by atoms with Gasteiger partial charge in [0.2, 0.25) is 0 Å². The van der Waals surface area contributed by atoms with Crippen LogP contribution in [-0.2, 0) is 6.54 Å². The first-order valence-electron chi connectivity index (χ1n) is 2.73. The number of aryl methyl sites for hydroxylation is 1. The van der Waals surface area contributed by atoms with Crippen LogP contribution < -0.4 is 5.73 Å². The summed E-state index contributed by atoms with van der Waals surface area (Å²) in [6.45, 7) is 2.86. The molecule has 1 heterocycles. The molecule has 4 heteroatoms. The van der Waals surface area contributed by atoms with Crippen molar-refractivity contribution >= 4 is 28.4 Å². The quantitative estimate of drug-likeness (QED) is 0.743. The molecule has 0 aliphatic heterocycles. The maximum absolute atomic E-state index is 5.55. The zero-order valence-corrected chi connectivity index (χ0v) is 7.29. The largest absolute Gasteiger partial charge is 0.384 e. The van der Waals surface area contributed by atoms with E-state index < -0.39 is 0 Å². The fourth-order valence-corrected chi connectivity index (χ4v) is 1.23. The second-order valence-corrected chi connectivity index (χ2v) is 2.81. The molecule has 0 fully saturated rings. The third kappa shape index (κ3) is 1.35. The Morgan fingerprint density at radius 1 is 1.89 bits per heavy atom. The molecule has 50 valence electrons. The summed E-state index contributed by atoms with van der Waals surface area (Å²) in [6, 6.07) is 1.85. The Kier molecular flexibility index (Phi) is 1.94. The van der Waals surface area contributed by atoms with Crippen LogP contribution in [0, 0.1) is 3.70 Å². The lowest BCUT2D eigenvalue weighted by atomic mass is 10.6. The molecular weight excluding hydrogens is 229 g/mol. The van der Waals surface area contributed by atoms with Gasteiger partial charge in [0, 0.05) is 12.6 Å². The third-order valence-electron chi connectivity index (χ3n) is 1.08. The minimum absolute atomic E-state index is 0.738. The van der Waals surface area contributed by atoms with Crippen molar-refractivity contribution < 1.29 is 0 Å².